The first-order chi connectivity index (χ1) is 10.0. The van der Waals surface area contributed by atoms with Gasteiger partial charge >= 0.3 is 5.97 Å². The van der Waals surface area contributed by atoms with Crippen molar-refractivity contribution in [1.29, 1.82) is 0 Å². The molecule has 0 aliphatic rings. The van der Waals surface area contributed by atoms with Gasteiger partial charge in [-0.3, -0.25) is 9.36 Å². The molecule has 0 saturated heterocycles. The quantitative estimate of drug-likeness (QED) is 0.824. The highest BCUT2D eigenvalue weighted by atomic mass is 32.2. The highest BCUT2D eigenvalue weighted by Crippen LogP contribution is 2.23. The number of carboxylic acids is 1. The number of benzene rings is 1. The second-order valence-electron chi connectivity index (χ2n) is 4.68. The highest BCUT2D eigenvalue weighted by Gasteiger charge is 2.14. The van der Waals surface area contributed by atoms with Gasteiger partial charge < -0.3 is 10.0 Å². The van der Waals surface area contributed by atoms with E-state index in [1.54, 1.807) is 0 Å². The van der Waals surface area contributed by atoms with Crippen molar-refractivity contribution in [3.8, 4) is 5.69 Å². The number of rotatable bonds is 6. The first kappa shape index (κ1) is 15.4. The summed E-state index contributed by atoms with van der Waals surface area (Å²) in [7, 11) is 3.97. The van der Waals surface area contributed by atoms with Gasteiger partial charge in [-0.05, 0) is 24.3 Å². The van der Waals surface area contributed by atoms with Gasteiger partial charge in [-0.1, -0.05) is 18.7 Å². The molecule has 1 N–H and O–H groups in total. The molecule has 0 bridgehead atoms. The summed E-state index contributed by atoms with van der Waals surface area (Å²) in [5, 5.41) is 17.6. The topological polar surface area (TPSA) is 71.2 Å². The molecule has 0 amide bonds. The van der Waals surface area contributed by atoms with Crippen LogP contribution in [-0.2, 0) is 11.2 Å². The zero-order valence-electron chi connectivity index (χ0n) is 12.3. The van der Waals surface area contributed by atoms with E-state index in [-0.39, 0.29) is 5.75 Å². The van der Waals surface area contributed by atoms with Gasteiger partial charge in [-0.15, -0.1) is 10.2 Å². The van der Waals surface area contributed by atoms with E-state index in [0.29, 0.717) is 5.16 Å². The molecule has 0 atom stereocenters. The number of hydrogen-bond donors (Lipinski definition) is 1. The van der Waals surface area contributed by atoms with Crippen LogP contribution < -0.4 is 4.90 Å². The van der Waals surface area contributed by atoms with Gasteiger partial charge in [0.1, 0.15) is 5.82 Å². The summed E-state index contributed by atoms with van der Waals surface area (Å²) in [6.07, 6.45) is 0.732. The van der Waals surface area contributed by atoms with Gasteiger partial charge in [-0.25, -0.2) is 0 Å². The minimum atomic E-state index is -0.865. The lowest BCUT2D eigenvalue weighted by Crippen LogP contribution is -2.09. The molecule has 0 aliphatic heterocycles. The van der Waals surface area contributed by atoms with Crippen LogP contribution in [0, 0.1) is 0 Å². The molecular weight excluding hydrogens is 288 g/mol. The summed E-state index contributed by atoms with van der Waals surface area (Å²) in [5.41, 5.74) is 2.04. The highest BCUT2D eigenvalue weighted by molar-refractivity contribution is 7.99. The molecule has 2 rings (SSSR count). The predicted molar refractivity (Wildman–Crippen MR) is 83.4 cm³/mol. The molecule has 7 heteroatoms. The van der Waals surface area contributed by atoms with Crippen LogP contribution in [0.1, 0.15) is 12.7 Å². The van der Waals surface area contributed by atoms with Gasteiger partial charge in [0.25, 0.3) is 0 Å². The van der Waals surface area contributed by atoms with E-state index in [0.717, 1.165) is 23.6 Å². The van der Waals surface area contributed by atoms with Crippen LogP contribution in [0.5, 0.6) is 0 Å². The van der Waals surface area contributed by atoms with E-state index in [9.17, 15) is 4.79 Å². The van der Waals surface area contributed by atoms with E-state index in [4.69, 9.17) is 5.11 Å². The molecule has 0 radical (unpaired) electrons. The van der Waals surface area contributed by atoms with Crippen molar-refractivity contribution in [2.45, 2.75) is 18.5 Å². The Morgan fingerprint density at radius 2 is 1.95 bits per heavy atom. The summed E-state index contributed by atoms with van der Waals surface area (Å²) >= 11 is 1.18. The maximum absolute atomic E-state index is 10.7. The molecule has 0 saturated carbocycles. The summed E-state index contributed by atoms with van der Waals surface area (Å²) in [5.74, 6) is -0.0755. The molecule has 6 nitrogen and oxygen atoms in total. The second-order valence-corrected chi connectivity index (χ2v) is 5.62. The Morgan fingerprint density at radius 3 is 2.48 bits per heavy atom. The monoisotopic (exact) mass is 306 g/mol. The van der Waals surface area contributed by atoms with Crippen molar-refractivity contribution in [3.63, 3.8) is 0 Å². The fraction of sp³-hybridized carbons (Fsp3) is 0.357. The Kier molecular flexibility index (Phi) is 4.85. The zero-order valence-corrected chi connectivity index (χ0v) is 13.1. The molecule has 1 aromatic heterocycles. The lowest BCUT2D eigenvalue weighted by Gasteiger charge is -2.14. The number of aryl methyl sites for hydroxylation is 1. The van der Waals surface area contributed by atoms with Crippen LogP contribution in [0.3, 0.4) is 0 Å². The Bertz CT molecular complexity index is 622. The Morgan fingerprint density at radius 1 is 1.29 bits per heavy atom. The van der Waals surface area contributed by atoms with Crippen molar-refractivity contribution >= 4 is 23.4 Å². The maximum atomic E-state index is 10.7. The predicted octanol–water partition coefficient (Wildman–Crippen LogP) is 2.07. The van der Waals surface area contributed by atoms with Crippen LogP contribution in [0.25, 0.3) is 5.69 Å². The van der Waals surface area contributed by atoms with Crippen molar-refractivity contribution in [1.82, 2.24) is 14.8 Å². The van der Waals surface area contributed by atoms with Crippen molar-refractivity contribution in [2.75, 3.05) is 24.7 Å². The number of anilines is 1. The summed E-state index contributed by atoms with van der Waals surface area (Å²) < 4.78 is 1.91. The standard InChI is InChI=1S/C14H18N4O2S/c1-4-12-15-16-14(21-9-13(19)20)18(12)11-7-5-10(6-8-11)17(2)3/h5-8H,4,9H2,1-3H3,(H,19,20). The van der Waals surface area contributed by atoms with Gasteiger partial charge in [0.05, 0.1) is 5.75 Å². The average molecular weight is 306 g/mol. The van der Waals surface area contributed by atoms with Crippen molar-refractivity contribution in [3.05, 3.63) is 30.1 Å². The molecule has 1 heterocycles. The molecule has 112 valence electrons. The smallest absolute Gasteiger partial charge is 0.313 e. The average Bonchev–Trinajstić information content (AvgIpc) is 2.88. The van der Waals surface area contributed by atoms with Crippen molar-refractivity contribution < 1.29 is 9.90 Å². The number of aliphatic carboxylic acids is 1. The molecule has 21 heavy (non-hydrogen) atoms. The summed E-state index contributed by atoms with van der Waals surface area (Å²) in [6.45, 7) is 2.00. The number of hydrogen-bond acceptors (Lipinski definition) is 5. The second kappa shape index (κ2) is 6.62. The molecule has 0 aliphatic carbocycles. The Hall–Kier alpha value is -2.02. The minimum Gasteiger partial charge on any atom is -0.481 e. The fourth-order valence-electron chi connectivity index (χ4n) is 1.91. The third-order valence-corrected chi connectivity index (χ3v) is 3.88. The van der Waals surface area contributed by atoms with Gasteiger partial charge in [-0.2, -0.15) is 0 Å². The fourth-order valence-corrected chi connectivity index (χ4v) is 2.60. The lowest BCUT2D eigenvalue weighted by atomic mass is 10.2. The Labute approximate surface area is 127 Å². The van der Waals surface area contributed by atoms with Crippen LogP contribution in [0.15, 0.2) is 29.4 Å². The van der Waals surface area contributed by atoms with E-state index in [2.05, 4.69) is 10.2 Å². The van der Waals surface area contributed by atoms with Crippen molar-refractivity contribution in [2.24, 2.45) is 0 Å². The van der Waals surface area contributed by atoms with Crippen LogP contribution >= 0.6 is 11.8 Å². The number of aromatic nitrogens is 3. The third kappa shape index (κ3) is 3.55. The Balaban J connectivity index is 2.36. The number of nitrogens with zero attached hydrogens (tertiary/aromatic N) is 4. The molecular formula is C14H18N4O2S. The molecule has 2 aromatic rings. The molecule has 0 unspecified atom stereocenters. The summed E-state index contributed by atoms with van der Waals surface area (Å²) in [4.78, 5) is 12.8. The van der Waals surface area contributed by atoms with Crippen LogP contribution in [0.4, 0.5) is 5.69 Å². The lowest BCUT2D eigenvalue weighted by molar-refractivity contribution is -0.133. The van der Waals surface area contributed by atoms with E-state index < -0.39 is 5.97 Å². The van der Waals surface area contributed by atoms with Gasteiger partial charge in [0.15, 0.2) is 5.16 Å². The number of carbonyl (C=O) groups is 1. The largest absolute Gasteiger partial charge is 0.481 e. The first-order valence-electron chi connectivity index (χ1n) is 6.59. The van der Waals surface area contributed by atoms with Gasteiger partial charge in [0.2, 0.25) is 0 Å². The SMILES string of the molecule is CCc1nnc(SCC(=O)O)n1-c1ccc(N(C)C)cc1. The molecule has 1 aromatic carbocycles. The summed E-state index contributed by atoms with van der Waals surface area (Å²) in [6, 6.07) is 8.01. The van der Waals surface area contributed by atoms with E-state index >= 15 is 0 Å². The normalized spacial score (nSPS) is 10.6. The van der Waals surface area contributed by atoms with Crippen LogP contribution in [0.2, 0.25) is 0 Å². The van der Waals surface area contributed by atoms with Crippen LogP contribution in [-0.4, -0.2) is 45.7 Å². The number of carboxylic acid groups (broad SMARTS) is 1. The number of thioether (sulfide) groups is 1. The molecule has 0 spiro atoms. The minimum absolute atomic E-state index is 0.0301. The van der Waals surface area contributed by atoms with E-state index in [1.807, 2.05) is 54.8 Å². The zero-order chi connectivity index (χ0) is 15.4. The third-order valence-electron chi connectivity index (χ3n) is 2.97. The van der Waals surface area contributed by atoms with E-state index in [1.165, 1.54) is 11.8 Å². The molecule has 0 fully saturated rings. The van der Waals surface area contributed by atoms with Gasteiger partial charge in [0, 0.05) is 31.9 Å². The first-order valence-corrected chi connectivity index (χ1v) is 7.58. The maximum Gasteiger partial charge on any atom is 0.313 e.